The summed E-state index contributed by atoms with van der Waals surface area (Å²) < 4.78 is 0. The Morgan fingerprint density at radius 3 is 2.71 bits per heavy atom. The first-order valence-corrected chi connectivity index (χ1v) is 5.18. The van der Waals surface area contributed by atoms with Gasteiger partial charge in [0.2, 0.25) is 11.8 Å². The quantitative estimate of drug-likeness (QED) is 0.759. The number of pyridine rings is 1. The smallest absolute Gasteiger partial charge is 0.242 e. The third-order valence-corrected chi connectivity index (χ3v) is 2.15. The lowest BCUT2D eigenvalue weighted by Gasteiger charge is -2.14. The number of nitrogens with zero attached hydrogens (tertiary/aromatic N) is 2. The molecule has 1 rings (SSSR count). The highest BCUT2D eigenvalue weighted by Gasteiger charge is 2.18. The van der Waals surface area contributed by atoms with Crippen molar-refractivity contribution in [2.75, 3.05) is 19.4 Å². The van der Waals surface area contributed by atoms with Gasteiger partial charge in [0.05, 0.1) is 12.5 Å². The fourth-order valence-electron chi connectivity index (χ4n) is 1.12. The van der Waals surface area contributed by atoms with Gasteiger partial charge in [0.15, 0.2) is 0 Å². The van der Waals surface area contributed by atoms with Crippen LogP contribution in [0.5, 0.6) is 0 Å². The average molecular weight is 236 g/mol. The van der Waals surface area contributed by atoms with E-state index in [2.05, 4.69) is 10.3 Å². The summed E-state index contributed by atoms with van der Waals surface area (Å²) in [5.41, 5.74) is 5.62. The summed E-state index contributed by atoms with van der Waals surface area (Å²) in [6.45, 7) is 0. The molecule has 1 aromatic heterocycles. The number of aromatic nitrogens is 1. The second-order valence-corrected chi connectivity index (χ2v) is 3.80. The van der Waals surface area contributed by atoms with Gasteiger partial charge in [-0.25, -0.2) is 4.98 Å². The Hall–Kier alpha value is -1.95. The maximum atomic E-state index is 11.6. The maximum Gasteiger partial charge on any atom is 0.242 e. The minimum Gasteiger partial charge on any atom is -0.349 e. The Kier molecular flexibility index (Phi) is 4.59. The van der Waals surface area contributed by atoms with E-state index in [1.807, 2.05) is 0 Å². The molecule has 0 aliphatic rings. The predicted octanol–water partition coefficient (Wildman–Crippen LogP) is -0.174. The normalized spacial score (nSPS) is 11.7. The second kappa shape index (κ2) is 5.95. The summed E-state index contributed by atoms with van der Waals surface area (Å²) in [6.07, 6.45) is 1.54. The molecule has 2 amide bonds. The fraction of sp³-hybridized carbons (Fsp3) is 0.364. The highest BCUT2D eigenvalue weighted by molar-refractivity contribution is 5.96. The Labute approximate surface area is 99.8 Å². The number of carbonyl (C=O) groups excluding carboxylic acids is 2. The van der Waals surface area contributed by atoms with Crippen LogP contribution in [0.2, 0.25) is 0 Å². The topological polar surface area (TPSA) is 88.3 Å². The number of nitrogens with two attached hydrogens (primary N) is 1. The maximum absolute atomic E-state index is 11.6. The Balaban J connectivity index is 2.51. The van der Waals surface area contributed by atoms with Crippen molar-refractivity contribution in [3.05, 3.63) is 24.4 Å². The number of amides is 2. The Morgan fingerprint density at radius 2 is 2.18 bits per heavy atom. The van der Waals surface area contributed by atoms with Crippen LogP contribution in [0.4, 0.5) is 5.82 Å². The van der Waals surface area contributed by atoms with Gasteiger partial charge in [0.1, 0.15) is 5.82 Å². The molecular weight excluding hydrogens is 220 g/mol. The molecule has 0 aliphatic carbocycles. The third-order valence-electron chi connectivity index (χ3n) is 2.15. The SMILES string of the molecule is CN(C)C(=O)C[C@H](N)C(=O)Nc1ccccn1. The van der Waals surface area contributed by atoms with Gasteiger partial charge in [0.25, 0.3) is 0 Å². The van der Waals surface area contributed by atoms with Crippen molar-refractivity contribution in [2.45, 2.75) is 12.5 Å². The molecule has 0 spiro atoms. The van der Waals surface area contributed by atoms with Crippen molar-refractivity contribution < 1.29 is 9.59 Å². The molecule has 0 aromatic carbocycles. The lowest BCUT2D eigenvalue weighted by atomic mass is 10.2. The Morgan fingerprint density at radius 1 is 1.47 bits per heavy atom. The molecule has 17 heavy (non-hydrogen) atoms. The van der Waals surface area contributed by atoms with E-state index in [1.54, 1.807) is 38.5 Å². The van der Waals surface area contributed by atoms with E-state index in [4.69, 9.17) is 5.73 Å². The number of hydrogen-bond donors (Lipinski definition) is 2. The summed E-state index contributed by atoms with van der Waals surface area (Å²) in [7, 11) is 3.23. The van der Waals surface area contributed by atoms with Crippen LogP contribution in [0.3, 0.4) is 0 Å². The van der Waals surface area contributed by atoms with Crippen molar-refractivity contribution in [3.63, 3.8) is 0 Å². The Bertz CT molecular complexity index is 392. The monoisotopic (exact) mass is 236 g/mol. The molecule has 0 radical (unpaired) electrons. The van der Waals surface area contributed by atoms with Crippen molar-refractivity contribution in [1.82, 2.24) is 9.88 Å². The van der Waals surface area contributed by atoms with E-state index in [1.165, 1.54) is 4.90 Å². The zero-order chi connectivity index (χ0) is 12.8. The van der Waals surface area contributed by atoms with E-state index >= 15 is 0 Å². The molecule has 0 saturated carbocycles. The first-order chi connectivity index (χ1) is 8.00. The molecule has 0 saturated heterocycles. The van der Waals surface area contributed by atoms with Gasteiger partial charge in [-0.05, 0) is 12.1 Å². The van der Waals surface area contributed by atoms with Crippen molar-refractivity contribution in [3.8, 4) is 0 Å². The summed E-state index contributed by atoms with van der Waals surface area (Å²) in [4.78, 5) is 28.3. The van der Waals surface area contributed by atoms with Gasteiger partial charge in [-0.2, -0.15) is 0 Å². The van der Waals surface area contributed by atoms with Gasteiger partial charge in [0, 0.05) is 20.3 Å². The highest BCUT2D eigenvalue weighted by atomic mass is 16.2. The molecule has 6 nitrogen and oxygen atoms in total. The predicted molar refractivity (Wildman–Crippen MR) is 64.2 cm³/mol. The summed E-state index contributed by atoms with van der Waals surface area (Å²) in [5.74, 6) is -0.183. The molecule has 92 valence electrons. The zero-order valence-corrected chi connectivity index (χ0v) is 9.88. The van der Waals surface area contributed by atoms with Gasteiger partial charge < -0.3 is 16.0 Å². The van der Waals surface area contributed by atoms with Crippen LogP contribution < -0.4 is 11.1 Å². The number of rotatable bonds is 4. The van der Waals surface area contributed by atoms with Gasteiger partial charge in [-0.3, -0.25) is 9.59 Å². The van der Waals surface area contributed by atoms with Gasteiger partial charge in [-0.15, -0.1) is 0 Å². The van der Waals surface area contributed by atoms with Crippen LogP contribution in [0, 0.1) is 0 Å². The van der Waals surface area contributed by atoms with Crippen LogP contribution in [-0.2, 0) is 9.59 Å². The highest BCUT2D eigenvalue weighted by Crippen LogP contribution is 2.02. The standard InChI is InChI=1S/C11H16N4O2/c1-15(2)10(16)7-8(12)11(17)14-9-5-3-4-6-13-9/h3-6,8H,7,12H2,1-2H3,(H,13,14,17)/t8-/m0/s1. The average Bonchev–Trinajstić information content (AvgIpc) is 2.29. The number of hydrogen-bond acceptors (Lipinski definition) is 4. The second-order valence-electron chi connectivity index (χ2n) is 3.80. The van der Waals surface area contributed by atoms with Gasteiger partial charge >= 0.3 is 0 Å². The summed E-state index contributed by atoms with van der Waals surface area (Å²) >= 11 is 0. The van der Waals surface area contributed by atoms with E-state index in [0.717, 1.165) is 0 Å². The van der Waals surface area contributed by atoms with E-state index < -0.39 is 11.9 Å². The van der Waals surface area contributed by atoms with Crippen molar-refractivity contribution in [1.29, 1.82) is 0 Å². The molecule has 1 atom stereocenters. The van der Waals surface area contributed by atoms with Crippen LogP contribution in [0.25, 0.3) is 0 Å². The molecule has 0 aliphatic heterocycles. The van der Waals surface area contributed by atoms with Crippen LogP contribution in [0.1, 0.15) is 6.42 Å². The summed E-state index contributed by atoms with van der Waals surface area (Å²) in [6, 6.07) is 4.27. The molecule has 1 heterocycles. The van der Waals surface area contributed by atoms with Crippen LogP contribution in [-0.4, -0.2) is 41.8 Å². The number of carbonyl (C=O) groups is 2. The van der Waals surface area contributed by atoms with E-state index in [0.29, 0.717) is 5.82 Å². The summed E-state index contributed by atoms with van der Waals surface area (Å²) in [5, 5.41) is 2.54. The zero-order valence-electron chi connectivity index (χ0n) is 9.88. The first kappa shape index (κ1) is 13.1. The molecule has 3 N–H and O–H groups in total. The fourth-order valence-corrected chi connectivity index (χ4v) is 1.12. The van der Waals surface area contributed by atoms with Crippen molar-refractivity contribution >= 4 is 17.6 Å². The number of nitrogens with one attached hydrogen (secondary N) is 1. The largest absolute Gasteiger partial charge is 0.349 e. The molecule has 6 heteroatoms. The lowest BCUT2D eigenvalue weighted by molar-refractivity contribution is -0.131. The molecular formula is C11H16N4O2. The molecule has 0 unspecified atom stereocenters. The minimum atomic E-state index is -0.869. The number of anilines is 1. The third kappa shape index (κ3) is 4.20. The first-order valence-electron chi connectivity index (χ1n) is 5.18. The lowest BCUT2D eigenvalue weighted by Crippen LogP contribution is -2.40. The minimum absolute atomic E-state index is 0.0222. The van der Waals surface area contributed by atoms with Crippen LogP contribution >= 0.6 is 0 Å². The molecule has 0 bridgehead atoms. The van der Waals surface area contributed by atoms with Crippen molar-refractivity contribution in [2.24, 2.45) is 5.73 Å². The molecule has 0 fully saturated rings. The van der Waals surface area contributed by atoms with E-state index in [-0.39, 0.29) is 12.3 Å². The van der Waals surface area contributed by atoms with E-state index in [9.17, 15) is 9.59 Å². The molecule has 1 aromatic rings. The van der Waals surface area contributed by atoms with Gasteiger partial charge in [-0.1, -0.05) is 6.07 Å². The van der Waals surface area contributed by atoms with Crippen LogP contribution in [0.15, 0.2) is 24.4 Å².